The molecule has 2 N–H and O–H groups in total. The molecular formula is C18H25N3O4S. The second kappa shape index (κ2) is 8.26. The average molecular weight is 379 g/mol. The third kappa shape index (κ3) is 4.48. The first-order valence-corrected chi connectivity index (χ1v) is 9.98. The maximum Gasteiger partial charge on any atom is 0.229 e. The second-order valence-corrected chi connectivity index (χ2v) is 8.15. The van der Waals surface area contributed by atoms with Gasteiger partial charge in [-0.15, -0.1) is 0 Å². The smallest absolute Gasteiger partial charge is 0.229 e. The molecule has 1 saturated carbocycles. The van der Waals surface area contributed by atoms with Gasteiger partial charge in [0, 0.05) is 25.3 Å². The molecule has 0 aromatic carbocycles. The molecule has 1 unspecified atom stereocenters. The molecule has 1 atom stereocenters. The number of hydrogen-bond donors (Lipinski definition) is 2. The minimum Gasteiger partial charge on any atom is -0.377 e. The third-order valence-electron chi connectivity index (χ3n) is 4.75. The van der Waals surface area contributed by atoms with Gasteiger partial charge < -0.3 is 15.4 Å². The van der Waals surface area contributed by atoms with E-state index >= 15 is 0 Å². The quantitative estimate of drug-likeness (QED) is 0.708. The summed E-state index contributed by atoms with van der Waals surface area (Å²) in [7, 11) is 0. The van der Waals surface area contributed by atoms with Crippen molar-refractivity contribution in [3.8, 4) is 0 Å². The summed E-state index contributed by atoms with van der Waals surface area (Å²) in [6.45, 7) is 4.75. The van der Waals surface area contributed by atoms with Crippen molar-refractivity contribution >= 4 is 34.1 Å². The normalized spacial score (nSPS) is 19.8. The van der Waals surface area contributed by atoms with Crippen molar-refractivity contribution in [3.05, 3.63) is 10.6 Å². The summed E-state index contributed by atoms with van der Waals surface area (Å²) in [5, 5.41) is 6.10. The van der Waals surface area contributed by atoms with Crippen molar-refractivity contribution in [2.75, 3.05) is 18.5 Å². The molecule has 7 nitrogen and oxygen atoms in total. The molecule has 2 amide bonds. The van der Waals surface area contributed by atoms with Gasteiger partial charge in [0.15, 0.2) is 10.9 Å². The first-order chi connectivity index (χ1) is 12.4. The zero-order valence-corrected chi connectivity index (χ0v) is 16.0. The lowest BCUT2D eigenvalue weighted by Crippen LogP contribution is -2.37. The highest BCUT2D eigenvalue weighted by Gasteiger charge is 2.33. The molecule has 2 aliphatic rings. The molecule has 142 valence electrons. The number of nitrogens with one attached hydrogen (secondary N) is 2. The molecule has 1 heterocycles. The van der Waals surface area contributed by atoms with E-state index in [4.69, 9.17) is 4.74 Å². The monoisotopic (exact) mass is 379 g/mol. The van der Waals surface area contributed by atoms with Gasteiger partial charge in [-0.3, -0.25) is 14.4 Å². The van der Waals surface area contributed by atoms with Gasteiger partial charge in [0.25, 0.3) is 0 Å². The number of ether oxygens (including phenoxy) is 1. The fourth-order valence-electron chi connectivity index (χ4n) is 3.06. The minimum absolute atomic E-state index is 0.0192. The Kier molecular flexibility index (Phi) is 6.03. The number of anilines is 1. The van der Waals surface area contributed by atoms with E-state index < -0.39 is 5.92 Å². The van der Waals surface area contributed by atoms with Gasteiger partial charge in [-0.2, -0.15) is 0 Å². The van der Waals surface area contributed by atoms with E-state index in [2.05, 4.69) is 15.6 Å². The van der Waals surface area contributed by atoms with E-state index in [1.165, 1.54) is 11.3 Å². The number of hydrogen-bond acceptors (Lipinski definition) is 6. The number of fused-ring (bicyclic) bond motifs is 1. The van der Waals surface area contributed by atoms with Crippen molar-refractivity contribution in [2.45, 2.75) is 52.1 Å². The molecule has 0 spiro atoms. The van der Waals surface area contributed by atoms with Crippen molar-refractivity contribution in [1.29, 1.82) is 0 Å². The number of carbonyl (C=O) groups is 3. The van der Waals surface area contributed by atoms with E-state index in [1.807, 2.05) is 13.8 Å². The zero-order valence-electron chi connectivity index (χ0n) is 15.2. The fourth-order valence-corrected chi connectivity index (χ4v) is 4.00. The summed E-state index contributed by atoms with van der Waals surface area (Å²) in [5.41, 5.74) is 0.619. The van der Waals surface area contributed by atoms with Gasteiger partial charge in [-0.25, -0.2) is 4.98 Å². The maximum absolute atomic E-state index is 12.4. The Hall–Kier alpha value is -1.80. The van der Waals surface area contributed by atoms with Crippen LogP contribution in [-0.2, 0) is 20.7 Å². The highest BCUT2D eigenvalue weighted by molar-refractivity contribution is 7.17. The van der Waals surface area contributed by atoms with Crippen molar-refractivity contribution < 1.29 is 19.1 Å². The van der Waals surface area contributed by atoms with Crippen LogP contribution in [0, 0.1) is 11.8 Å². The summed E-state index contributed by atoms with van der Waals surface area (Å²) < 4.78 is 5.40. The lowest BCUT2D eigenvalue weighted by molar-refractivity contribution is -0.125. The number of rotatable bonds is 7. The molecule has 0 radical (unpaired) electrons. The molecule has 2 aliphatic carbocycles. The number of amides is 2. The van der Waals surface area contributed by atoms with Gasteiger partial charge >= 0.3 is 0 Å². The lowest BCUT2D eigenvalue weighted by atomic mass is 9.85. The molecule has 0 aliphatic heterocycles. The van der Waals surface area contributed by atoms with Crippen LogP contribution in [0.2, 0.25) is 0 Å². The van der Waals surface area contributed by atoms with Crippen LogP contribution in [0.4, 0.5) is 5.13 Å². The Labute approximate surface area is 156 Å². The molecule has 26 heavy (non-hydrogen) atoms. The summed E-state index contributed by atoms with van der Waals surface area (Å²) in [5.74, 6) is -0.588. The number of aromatic nitrogens is 1. The lowest BCUT2D eigenvalue weighted by Gasteiger charge is -2.23. The number of ketones is 1. The van der Waals surface area contributed by atoms with Crippen LogP contribution in [0.1, 0.15) is 54.9 Å². The minimum atomic E-state index is -0.411. The van der Waals surface area contributed by atoms with Crippen LogP contribution in [-0.4, -0.2) is 41.8 Å². The first kappa shape index (κ1) is 19.0. The summed E-state index contributed by atoms with van der Waals surface area (Å²) >= 11 is 1.22. The van der Waals surface area contributed by atoms with Crippen molar-refractivity contribution in [3.63, 3.8) is 0 Å². The van der Waals surface area contributed by atoms with Crippen LogP contribution in [0.3, 0.4) is 0 Å². The SMILES string of the molecule is CC(C)OCCNC(=O)C1CC(=O)c2sc(NC(=O)C3CCC3)nc2C1. The molecule has 3 rings (SSSR count). The zero-order chi connectivity index (χ0) is 18.7. The predicted molar refractivity (Wildman–Crippen MR) is 98.3 cm³/mol. The molecular weight excluding hydrogens is 354 g/mol. The topological polar surface area (TPSA) is 97.4 Å². The van der Waals surface area contributed by atoms with E-state index in [1.54, 1.807) is 0 Å². The highest BCUT2D eigenvalue weighted by Crippen LogP contribution is 2.34. The van der Waals surface area contributed by atoms with Crippen LogP contribution in [0.15, 0.2) is 0 Å². The van der Waals surface area contributed by atoms with Gasteiger partial charge in [0.1, 0.15) is 0 Å². The summed E-state index contributed by atoms with van der Waals surface area (Å²) in [4.78, 5) is 41.7. The van der Waals surface area contributed by atoms with Gasteiger partial charge in [-0.1, -0.05) is 17.8 Å². The molecule has 0 bridgehead atoms. The van der Waals surface area contributed by atoms with Crippen LogP contribution in [0.5, 0.6) is 0 Å². The summed E-state index contributed by atoms with van der Waals surface area (Å²) in [6, 6.07) is 0. The molecule has 8 heteroatoms. The Morgan fingerprint density at radius 3 is 2.65 bits per heavy atom. The van der Waals surface area contributed by atoms with Crippen molar-refractivity contribution in [1.82, 2.24) is 10.3 Å². The van der Waals surface area contributed by atoms with Crippen molar-refractivity contribution in [2.24, 2.45) is 11.8 Å². The Bertz CT molecular complexity index is 697. The van der Waals surface area contributed by atoms with Crippen LogP contribution in [0.25, 0.3) is 0 Å². The third-order valence-corrected chi connectivity index (χ3v) is 5.81. The molecule has 0 saturated heterocycles. The largest absolute Gasteiger partial charge is 0.377 e. The van der Waals surface area contributed by atoms with Gasteiger partial charge in [0.2, 0.25) is 11.8 Å². The Morgan fingerprint density at radius 2 is 2.00 bits per heavy atom. The fraction of sp³-hybridized carbons (Fsp3) is 0.667. The molecule has 1 fully saturated rings. The summed E-state index contributed by atoms with van der Waals surface area (Å²) in [6.07, 6.45) is 3.64. The van der Waals surface area contributed by atoms with Gasteiger partial charge in [-0.05, 0) is 26.7 Å². The Morgan fingerprint density at radius 1 is 1.23 bits per heavy atom. The maximum atomic E-state index is 12.4. The standard InChI is InChI=1S/C18H25N3O4S/c1-10(2)25-7-6-19-16(23)12-8-13-15(14(22)9-12)26-18(20-13)21-17(24)11-4-3-5-11/h10-12H,3-9H2,1-2H3,(H,19,23)(H,20,21,24). The second-order valence-electron chi connectivity index (χ2n) is 7.15. The van der Waals surface area contributed by atoms with Crippen LogP contribution >= 0.6 is 11.3 Å². The van der Waals surface area contributed by atoms with E-state index in [0.29, 0.717) is 35.3 Å². The number of nitrogens with zero attached hydrogens (tertiary/aromatic N) is 1. The number of thiazole rings is 1. The highest BCUT2D eigenvalue weighted by atomic mass is 32.1. The predicted octanol–water partition coefficient (Wildman–Crippen LogP) is 2.17. The van der Waals surface area contributed by atoms with E-state index in [0.717, 1.165) is 19.3 Å². The number of carbonyl (C=O) groups excluding carboxylic acids is 3. The average Bonchev–Trinajstić information content (AvgIpc) is 2.92. The van der Waals surface area contributed by atoms with Crippen LogP contribution < -0.4 is 10.6 Å². The first-order valence-electron chi connectivity index (χ1n) is 9.17. The van der Waals surface area contributed by atoms with E-state index in [9.17, 15) is 14.4 Å². The van der Waals surface area contributed by atoms with Gasteiger partial charge in [0.05, 0.1) is 29.2 Å². The van der Waals surface area contributed by atoms with E-state index in [-0.39, 0.29) is 36.0 Å². The molecule has 1 aromatic heterocycles. The molecule has 1 aromatic rings. The Balaban J connectivity index is 1.56. The number of Topliss-reactive ketones (excluding diaryl/α,β-unsaturated/α-hetero) is 1.